The molecule has 0 saturated heterocycles. The third-order valence-electron chi connectivity index (χ3n) is 3.81. The van der Waals surface area contributed by atoms with Crippen molar-refractivity contribution in [3.8, 4) is 5.75 Å². The van der Waals surface area contributed by atoms with Crippen molar-refractivity contribution in [1.29, 1.82) is 0 Å². The molecule has 18 heavy (non-hydrogen) atoms. The van der Waals surface area contributed by atoms with Gasteiger partial charge in [0.2, 0.25) is 0 Å². The molecular weight excluding hydrogens is 224 g/mol. The number of anilines is 1. The predicted molar refractivity (Wildman–Crippen MR) is 76.3 cm³/mol. The summed E-state index contributed by atoms with van der Waals surface area (Å²) in [6.07, 6.45) is 4.61. The second kappa shape index (κ2) is 5.61. The van der Waals surface area contributed by atoms with Crippen LogP contribution in [0.4, 0.5) is 5.69 Å². The lowest BCUT2D eigenvalue weighted by atomic mass is 9.91. The first-order valence-corrected chi connectivity index (χ1v) is 6.77. The Kier molecular flexibility index (Phi) is 4.12. The maximum absolute atomic E-state index is 5.93. The van der Waals surface area contributed by atoms with E-state index in [1.807, 2.05) is 0 Å². The molecule has 0 unspecified atom stereocenters. The van der Waals surface area contributed by atoms with Crippen LogP contribution in [0.3, 0.4) is 0 Å². The van der Waals surface area contributed by atoms with E-state index >= 15 is 0 Å². The van der Waals surface area contributed by atoms with E-state index in [1.165, 1.54) is 29.7 Å². The van der Waals surface area contributed by atoms with Crippen molar-refractivity contribution in [2.75, 3.05) is 12.4 Å². The van der Waals surface area contributed by atoms with E-state index in [4.69, 9.17) is 10.5 Å². The van der Waals surface area contributed by atoms with Crippen LogP contribution >= 0.6 is 0 Å². The minimum Gasteiger partial charge on any atom is -0.496 e. The van der Waals surface area contributed by atoms with Gasteiger partial charge in [0, 0.05) is 17.8 Å². The number of ether oxygens (including phenoxy) is 1. The highest BCUT2D eigenvalue weighted by Gasteiger charge is 2.18. The second-order valence-corrected chi connectivity index (χ2v) is 5.40. The molecule has 1 fully saturated rings. The molecule has 3 nitrogen and oxygen atoms in total. The molecule has 0 aromatic heterocycles. The second-order valence-electron chi connectivity index (χ2n) is 5.40. The van der Waals surface area contributed by atoms with Gasteiger partial charge in [-0.2, -0.15) is 0 Å². The molecule has 100 valence electrons. The molecule has 0 heterocycles. The van der Waals surface area contributed by atoms with E-state index in [2.05, 4.69) is 31.3 Å². The van der Waals surface area contributed by atoms with Crippen molar-refractivity contribution in [3.63, 3.8) is 0 Å². The van der Waals surface area contributed by atoms with Gasteiger partial charge in [-0.15, -0.1) is 0 Å². The number of aryl methyl sites for hydroxylation is 2. The molecule has 0 bridgehead atoms. The summed E-state index contributed by atoms with van der Waals surface area (Å²) in [6.45, 7) is 4.18. The average Bonchev–Trinajstić information content (AvgIpc) is 2.32. The molecule has 0 amide bonds. The average molecular weight is 248 g/mol. The Hall–Kier alpha value is -1.22. The fourth-order valence-electron chi connectivity index (χ4n) is 2.85. The van der Waals surface area contributed by atoms with Crippen LogP contribution in [0.25, 0.3) is 0 Å². The van der Waals surface area contributed by atoms with Gasteiger partial charge >= 0.3 is 0 Å². The Morgan fingerprint density at radius 1 is 1.11 bits per heavy atom. The van der Waals surface area contributed by atoms with Crippen LogP contribution in [0.2, 0.25) is 0 Å². The number of hydrogen-bond donors (Lipinski definition) is 2. The number of hydrogen-bond acceptors (Lipinski definition) is 3. The monoisotopic (exact) mass is 248 g/mol. The summed E-state index contributed by atoms with van der Waals surface area (Å²) in [6, 6.07) is 5.31. The van der Waals surface area contributed by atoms with Crippen molar-refractivity contribution < 1.29 is 4.74 Å². The third-order valence-corrected chi connectivity index (χ3v) is 3.81. The molecule has 0 aliphatic heterocycles. The highest BCUT2D eigenvalue weighted by Crippen LogP contribution is 2.28. The molecule has 0 atom stereocenters. The molecule has 1 aliphatic carbocycles. The summed E-state index contributed by atoms with van der Waals surface area (Å²) >= 11 is 0. The van der Waals surface area contributed by atoms with Crippen LogP contribution in [0.15, 0.2) is 12.1 Å². The summed E-state index contributed by atoms with van der Waals surface area (Å²) in [5, 5.41) is 3.62. The highest BCUT2D eigenvalue weighted by molar-refractivity contribution is 5.55. The number of methoxy groups -OCH3 is 1. The minimum atomic E-state index is 0.405. The van der Waals surface area contributed by atoms with Crippen LogP contribution < -0.4 is 15.8 Å². The predicted octanol–water partition coefficient (Wildman–Crippen LogP) is 2.99. The maximum Gasteiger partial charge on any atom is 0.124 e. The zero-order valence-electron chi connectivity index (χ0n) is 11.6. The van der Waals surface area contributed by atoms with Gasteiger partial charge in [-0.3, -0.25) is 0 Å². The van der Waals surface area contributed by atoms with Crippen LogP contribution in [0.5, 0.6) is 5.75 Å². The largest absolute Gasteiger partial charge is 0.496 e. The molecule has 0 radical (unpaired) electrons. The summed E-state index contributed by atoms with van der Waals surface area (Å²) in [4.78, 5) is 0. The lowest BCUT2D eigenvalue weighted by Gasteiger charge is -2.28. The quantitative estimate of drug-likeness (QED) is 0.864. The normalized spacial score (nSPS) is 23.8. The molecule has 1 saturated carbocycles. The lowest BCUT2D eigenvalue weighted by molar-refractivity contribution is 0.407. The van der Waals surface area contributed by atoms with Crippen molar-refractivity contribution >= 4 is 5.69 Å². The molecule has 3 heteroatoms. The zero-order chi connectivity index (χ0) is 13.1. The van der Waals surface area contributed by atoms with Gasteiger partial charge < -0.3 is 15.8 Å². The summed E-state index contributed by atoms with van der Waals surface area (Å²) < 4.78 is 5.39. The molecule has 3 N–H and O–H groups in total. The molecular formula is C15H24N2O. The first kappa shape index (κ1) is 13.2. The summed E-state index contributed by atoms with van der Waals surface area (Å²) in [5.74, 6) is 0.992. The van der Waals surface area contributed by atoms with E-state index in [1.54, 1.807) is 7.11 Å². The number of nitrogens with one attached hydrogen (secondary N) is 1. The smallest absolute Gasteiger partial charge is 0.124 e. The fourth-order valence-corrected chi connectivity index (χ4v) is 2.85. The summed E-state index contributed by atoms with van der Waals surface area (Å²) in [7, 11) is 1.73. The van der Waals surface area contributed by atoms with Gasteiger partial charge in [0.05, 0.1) is 7.11 Å². The van der Waals surface area contributed by atoms with E-state index in [-0.39, 0.29) is 0 Å². The Balaban J connectivity index is 2.06. The highest BCUT2D eigenvalue weighted by atomic mass is 16.5. The van der Waals surface area contributed by atoms with Crippen LogP contribution in [0.1, 0.15) is 36.8 Å². The standard InChI is InChI=1S/C15H24N2O/c1-10-8-14(9-11(2)15(10)18-3)17-13-6-4-12(16)5-7-13/h8-9,12-13,17H,4-7,16H2,1-3H3. The molecule has 1 aromatic carbocycles. The first-order chi connectivity index (χ1) is 8.60. The van der Waals surface area contributed by atoms with E-state index in [0.717, 1.165) is 18.6 Å². The third kappa shape index (κ3) is 2.96. The molecule has 0 spiro atoms. The minimum absolute atomic E-state index is 0.405. The SMILES string of the molecule is COc1c(C)cc(NC2CCC(N)CC2)cc1C. The van der Waals surface area contributed by atoms with Gasteiger partial charge in [-0.25, -0.2) is 0 Å². The van der Waals surface area contributed by atoms with Gasteiger partial charge in [0.1, 0.15) is 5.75 Å². The summed E-state index contributed by atoms with van der Waals surface area (Å²) in [5.41, 5.74) is 9.51. The van der Waals surface area contributed by atoms with E-state index in [0.29, 0.717) is 12.1 Å². The number of nitrogens with two attached hydrogens (primary N) is 1. The van der Waals surface area contributed by atoms with E-state index in [9.17, 15) is 0 Å². The Morgan fingerprint density at radius 3 is 2.17 bits per heavy atom. The van der Waals surface area contributed by atoms with E-state index < -0.39 is 0 Å². The number of rotatable bonds is 3. The van der Waals surface area contributed by atoms with Crippen molar-refractivity contribution in [2.45, 2.75) is 51.6 Å². The maximum atomic E-state index is 5.93. The zero-order valence-corrected chi connectivity index (χ0v) is 11.6. The Morgan fingerprint density at radius 2 is 1.67 bits per heavy atom. The van der Waals surface area contributed by atoms with Gasteiger partial charge in [-0.1, -0.05) is 0 Å². The Labute approximate surface area is 110 Å². The van der Waals surface area contributed by atoms with Crippen LogP contribution in [-0.2, 0) is 0 Å². The van der Waals surface area contributed by atoms with Crippen molar-refractivity contribution in [2.24, 2.45) is 5.73 Å². The van der Waals surface area contributed by atoms with Gasteiger partial charge in [-0.05, 0) is 62.8 Å². The number of benzene rings is 1. The first-order valence-electron chi connectivity index (χ1n) is 6.77. The van der Waals surface area contributed by atoms with Crippen molar-refractivity contribution in [3.05, 3.63) is 23.3 Å². The van der Waals surface area contributed by atoms with Crippen molar-refractivity contribution in [1.82, 2.24) is 0 Å². The lowest BCUT2D eigenvalue weighted by Crippen LogP contribution is -2.32. The molecule has 1 aromatic rings. The van der Waals surface area contributed by atoms with Gasteiger partial charge in [0.25, 0.3) is 0 Å². The molecule has 2 rings (SSSR count). The fraction of sp³-hybridized carbons (Fsp3) is 0.600. The van der Waals surface area contributed by atoms with Crippen LogP contribution in [0, 0.1) is 13.8 Å². The topological polar surface area (TPSA) is 47.3 Å². The van der Waals surface area contributed by atoms with Crippen LogP contribution in [-0.4, -0.2) is 19.2 Å². The van der Waals surface area contributed by atoms with Gasteiger partial charge in [0.15, 0.2) is 0 Å². The molecule has 1 aliphatic rings. The Bertz CT molecular complexity index is 386.